The molecule has 0 saturated heterocycles. The highest BCUT2D eigenvalue weighted by atomic mass is 79.9. The molecule has 110 valence electrons. The number of hydrogen-bond acceptors (Lipinski definition) is 3. The molecule has 1 aliphatic rings. The van der Waals surface area contributed by atoms with Crippen LogP contribution in [0.25, 0.3) is 0 Å². The van der Waals surface area contributed by atoms with E-state index in [1.807, 2.05) is 0 Å². The van der Waals surface area contributed by atoms with Gasteiger partial charge in [0.2, 0.25) is 0 Å². The van der Waals surface area contributed by atoms with Crippen molar-refractivity contribution < 1.29 is 18.3 Å². The molecule has 0 aromatic heterocycles. The fourth-order valence-electron chi connectivity index (χ4n) is 2.32. The quantitative estimate of drug-likeness (QED) is 0.838. The Balaban J connectivity index is 2.12. The summed E-state index contributed by atoms with van der Waals surface area (Å²) >= 11 is 3.04. The molecule has 1 unspecified atom stereocenters. The predicted octanol–water partition coefficient (Wildman–Crippen LogP) is 3.55. The molecule has 0 fully saturated rings. The number of fused-ring (bicyclic) bond motifs is 1. The number of para-hydroxylation sites is 1. The topological polar surface area (TPSA) is 44.5 Å². The summed E-state index contributed by atoms with van der Waals surface area (Å²) < 4.78 is 39.3. The van der Waals surface area contributed by atoms with E-state index in [-0.39, 0.29) is 10.0 Å². The molecule has 0 radical (unpaired) electrons. The summed E-state index contributed by atoms with van der Waals surface area (Å²) in [5.74, 6) is -0.436. The first kappa shape index (κ1) is 14.3. The molecular formula is C15H12BrF2NO2. The van der Waals surface area contributed by atoms with E-state index in [2.05, 4.69) is 15.9 Å². The average molecular weight is 356 g/mol. The Morgan fingerprint density at radius 3 is 2.67 bits per heavy atom. The Bertz CT molecular complexity index is 694. The Labute approximate surface area is 128 Å². The molecule has 0 amide bonds. The lowest BCUT2D eigenvalue weighted by Crippen LogP contribution is -2.21. The van der Waals surface area contributed by atoms with Gasteiger partial charge >= 0.3 is 0 Å². The van der Waals surface area contributed by atoms with Crippen molar-refractivity contribution in [2.45, 2.75) is 6.04 Å². The number of ether oxygens (including phenoxy) is 2. The standard InChI is InChI=1S/C15H12BrF2NO2/c16-9-4-5-10(17)12(13(9)18)14(19)8-2-1-3-11-15(8)21-7-6-20-11/h1-5,14H,6-7,19H2. The Hall–Kier alpha value is -1.66. The summed E-state index contributed by atoms with van der Waals surface area (Å²) in [5, 5.41) is 0. The van der Waals surface area contributed by atoms with Crippen LogP contribution in [0.5, 0.6) is 11.5 Å². The van der Waals surface area contributed by atoms with Crippen LogP contribution in [0.1, 0.15) is 17.2 Å². The molecule has 0 aliphatic carbocycles. The lowest BCUT2D eigenvalue weighted by molar-refractivity contribution is 0.169. The Morgan fingerprint density at radius 2 is 1.86 bits per heavy atom. The van der Waals surface area contributed by atoms with Crippen LogP contribution in [0, 0.1) is 11.6 Å². The molecule has 0 saturated carbocycles. The van der Waals surface area contributed by atoms with Crippen LogP contribution in [-0.2, 0) is 0 Å². The van der Waals surface area contributed by atoms with E-state index in [1.165, 1.54) is 12.1 Å². The third kappa shape index (κ3) is 2.49. The monoisotopic (exact) mass is 355 g/mol. The van der Waals surface area contributed by atoms with Gasteiger partial charge in [-0.25, -0.2) is 8.78 Å². The van der Waals surface area contributed by atoms with Crippen molar-refractivity contribution >= 4 is 15.9 Å². The minimum absolute atomic E-state index is 0.163. The Morgan fingerprint density at radius 1 is 1.10 bits per heavy atom. The van der Waals surface area contributed by atoms with Gasteiger partial charge in [0.1, 0.15) is 24.8 Å². The first-order chi connectivity index (χ1) is 10.1. The summed E-state index contributed by atoms with van der Waals surface area (Å²) in [7, 11) is 0. The molecule has 3 nitrogen and oxygen atoms in total. The van der Waals surface area contributed by atoms with Gasteiger partial charge in [0.25, 0.3) is 0 Å². The number of hydrogen-bond donors (Lipinski definition) is 1. The van der Waals surface area contributed by atoms with Crippen molar-refractivity contribution in [1.82, 2.24) is 0 Å². The highest BCUT2D eigenvalue weighted by molar-refractivity contribution is 9.10. The Kier molecular flexibility index (Phi) is 3.82. The van der Waals surface area contributed by atoms with E-state index in [0.717, 1.165) is 0 Å². The zero-order valence-corrected chi connectivity index (χ0v) is 12.5. The minimum atomic E-state index is -0.987. The molecule has 21 heavy (non-hydrogen) atoms. The van der Waals surface area contributed by atoms with Crippen LogP contribution in [0.4, 0.5) is 8.78 Å². The lowest BCUT2D eigenvalue weighted by Gasteiger charge is -2.24. The maximum atomic E-state index is 14.2. The van der Waals surface area contributed by atoms with Crippen molar-refractivity contribution in [3.05, 3.63) is 57.6 Å². The second-order valence-corrected chi connectivity index (χ2v) is 5.46. The minimum Gasteiger partial charge on any atom is -0.486 e. The summed E-state index contributed by atoms with van der Waals surface area (Å²) in [6, 6.07) is 6.63. The van der Waals surface area contributed by atoms with Crippen molar-refractivity contribution in [2.24, 2.45) is 5.73 Å². The van der Waals surface area contributed by atoms with Gasteiger partial charge < -0.3 is 15.2 Å². The second-order valence-electron chi connectivity index (χ2n) is 4.61. The van der Waals surface area contributed by atoms with Crippen LogP contribution in [0.3, 0.4) is 0 Å². The van der Waals surface area contributed by atoms with Gasteiger partial charge in [0.05, 0.1) is 10.5 Å². The van der Waals surface area contributed by atoms with E-state index in [0.29, 0.717) is 30.3 Å². The van der Waals surface area contributed by atoms with Gasteiger partial charge in [-0.05, 0) is 34.1 Å². The van der Waals surface area contributed by atoms with Gasteiger partial charge in [-0.15, -0.1) is 0 Å². The third-order valence-corrected chi connectivity index (χ3v) is 3.93. The molecule has 1 atom stereocenters. The van der Waals surface area contributed by atoms with E-state index >= 15 is 0 Å². The molecule has 6 heteroatoms. The van der Waals surface area contributed by atoms with Gasteiger partial charge in [-0.1, -0.05) is 12.1 Å². The van der Waals surface area contributed by atoms with Crippen molar-refractivity contribution in [3.8, 4) is 11.5 Å². The molecular weight excluding hydrogens is 344 g/mol. The van der Waals surface area contributed by atoms with Gasteiger partial charge in [-0.3, -0.25) is 0 Å². The molecule has 2 aromatic rings. The van der Waals surface area contributed by atoms with Crippen LogP contribution in [0.2, 0.25) is 0 Å². The molecule has 1 heterocycles. The SMILES string of the molecule is NC(c1cccc2c1OCCO2)c1c(F)ccc(Br)c1F. The maximum absolute atomic E-state index is 14.2. The van der Waals surface area contributed by atoms with Gasteiger partial charge in [0.15, 0.2) is 11.5 Å². The van der Waals surface area contributed by atoms with E-state index in [9.17, 15) is 8.78 Å². The smallest absolute Gasteiger partial charge is 0.166 e. The normalized spacial score (nSPS) is 14.9. The number of halogens is 3. The zero-order valence-electron chi connectivity index (χ0n) is 10.9. The lowest BCUT2D eigenvalue weighted by atomic mass is 9.97. The van der Waals surface area contributed by atoms with Crippen LogP contribution >= 0.6 is 15.9 Å². The number of rotatable bonds is 2. The summed E-state index contributed by atoms with van der Waals surface area (Å²) in [5.41, 5.74) is 6.36. The summed E-state index contributed by atoms with van der Waals surface area (Å²) in [6.45, 7) is 0.811. The number of benzene rings is 2. The van der Waals surface area contributed by atoms with E-state index in [4.69, 9.17) is 15.2 Å². The summed E-state index contributed by atoms with van der Waals surface area (Å²) in [4.78, 5) is 0. The molecule has 3 rings (SSSR count). The maximum Gasteiger partial charge on any atom is 0.166 e. The number of nitrogens with two attached hydrogens (primary N) is 1. The van der Waals surface area contributed by atoms with Crippen molar-refractivity contribution in [3.63, 3.8) is 0 Å². The predicted molar refractivity (Wildman–Crippen MR) is 77.5 cm³/mol. The zero-order chi connectivity index (χ0) is 15.0. The molecule has 2 aromatic carbocycles. The first-order valence-corrected chi connectivity index (χ1v) is 7.16. The average Bonchev–Trinajstić information content (AvgIpc) is 2.50. The molecule has 0 spiro atoms. The van der Waals surface area contributed by atoms with Crippen LogP contribution in [-0.4, -0.2) is 13.2 Å². The van der Waals surface area contributed by atoms with Crippen LogP contribution in [0.15, 0.2) is 34.8 Å². The first-order valence-electron chi connectivity index (χ1n) is 6.37. The molecule has 1 aliphatic heterocycles. The van der Waals surface area contributed by atoms with Gasteiger partial charge in [0, 0.05) is 11.1 Å². The largest absolute Gasteiger partial charge is 0.486 e. The second kappa shape index (κ2) is 5.61. The van der Waals surface area contributed by atoms with Crippen molar-refractivity contribution in [1.29, 1.82) is 0 Å². The highest BCUT2D eigenvalue weighted by Gasteiger charge is 2.26. The highest BCUT2D eigenvalue weighted by Crippen LogP contribution is 2.39. The van der Waals surface area contributed by atoms with Gasteiger partial charge in [-0.2, -0.15) is 0 Å². The fraction of sp³-hybridized carbons (Fsp3) is 0.200. The third-order valence-electron chi connectivity index (χ3n) is 3.32. The van der Waals surface area contributed by atoms with Crippen LogP contribution < -0.4 is 15.2 Å². The van der Waals surface area contributed by atoms with E-state index in [1.54, 1.807) is 18.2 Å². The van der Waals surface area contributed by atoms with Crippen molar-refractivity contribution in [2.75, 3.05) is 13.2 Å². The van der Waals surface area contributed by atoms with E-state index < -0.39 is 17.7 Å². The summed E-state index contributed by atoms with van der Waals surface area (Å²) in [6.07, 6.45) is 0. The fourth-order valence-corrected chi connectivity index (χ4v) is 2.67. The molecule has 0 bridgehead atoms. The molecule has 2 N–H and O–H groups in total.